The van der Waals surface area contributed by atoms with E-state index in [0.717, 1.165) is 0 Å². The third-order valence-electron chi connectivity index (χ3n) is 4.47. The van der Waals surface area contributed by atoms with Gasteiger partial charge >= 0.3 is 5.69 Å². The molecule has 1 aliphatic heterocycles. The highest BCUT2D eigenvalue weighted by Gasteiger charge is 2.43. The highest BCUT2D eigenvalue weighted by molar-refractivity contribution is 6.74. The minimum atomic E-state index is -1.95. The van der Waals surface area contributed by atoms with Gasteiger partial charge in [-0.25, -0.2) is 4.79 Å². The van der Waals surface area contributed by atoms with Gasteiger partial charge in [-0.1, -0.05) is 27.4 Å². The normalized spacial score (nSPS) is 22.7. The summed E-state index contributed by atoms with van der Waals surface area (Å²) in [6, 6.07) is 1.30. The number of hydrogen-bond acceptors (Lipinski definition) is 4. The molecule has 2 heterocycles. The third-order valence-corrected chi connectivity index (χ3v) is 8.95. The standard InChI is InChI=1S/C15H24N2O4Si/c1-10-11(21-22(5,6)15(2,3)4)9-13(20-10)17-8-7-12(18)16-14(17)19/h7-8,11,13H,1,9H2,2-6H3,(H,16,18,19)/t11-,13+/m0/s1. The second-order valence-corrected chi connectivity index (χ2v) is 11.9. The molecular formula is C15H24N2O4Si. The van der Waals surface area contributed by atoms with Crippen LogP contribution in [0.25, 0.3) is 0 Å². The number of aromatic nitrogens is 2. The van der Waals surface area contributed by atoms with E-state index in [1.54, 1.807) is 0 Å². The van der Waals surface area contributed by atoms with Crippen molar-refractivity contribution >= 4 is 8.32 Å². The van der Waals surface area contributed by atoms with Gasteiger partial charge in [-0.2, -0.15) is 0 Å². The molecule has 7 heteroatoms. The van der Waals surface area contributed by atoms with Gasteiger partial charge in [-0.3, -0.25) is 14.3 Å². The summed E-state index contributed by atoms with van der Waals surface area (Å²) >= 11 is 0. The van der Waals surface area contributed by atoms with Crippen molar-refractivity contribution in [2.75, 3.05) is 0 Å². The topological polar surface area (TPSA) is 73.3 Å². The molecule has 2 rings (SSSR count). The molecule has 0 spiro atoms. The fourth-order valence-corrected chi connectivity index (χ4v) is 3.38. The monoisotopic (exact) mass is 324 g/mol. The van der Waals surface area contributed by atoms with Gasteiger partial charge in [0.2, 0.25) is 0 Å². The average Bonchev–Trinajstić information content (AvgIpc) is 2.68. The fraction of sp³-hybridized carbons (Fsp3) is 0.600. The number of hydrogen-bond donors (Lipinski definition) is 1. The molecule has 0 saturated carbocycles. The predicted molar refractivity (Wildman–Crippen MR) is 87.3 cm³/mol. The Morgan fingerprint density at radius 2 is 2.05 bits per heavy atom. The Bertz CT molecular complexity index is 684. The lowest BCUT2D eigenvalue weighted by molar-refractivity contribution is 0.0935. The largest absolute Gasteiger partial charge is 0.472 e. The molecule has 1 aliphatic rings. The van der Waals surface area contributed by atoms with Crippen molar-refractivity contribution in [1.29, 1.82) is 0 Å². The zero-order valence-electron chi connectivity index (χ0n) is 13.8. The summed E-state index contributed by atoms with van der Waals surface area (Å²) in [4.78, 5) is 25.2. The van der Waals surface area contributed by atoms with Gasteiger partial charge in [0.25, 0.3) is 5.56 Å². The van der Waals surface area contributed by atoms with E-state index in [2.05, 4.69) is 45.4 Å². The summed E-state index contributed by atoms with van der Waals surface area (Å²) in [6.07, 6.45) is 1.22. The highest BCUT2D eigenvalue weighted by atomic mass is 28.4. The van der Waals surface area contributed by atoms with Crippen molar-refractivity contribution in [3.63, 3.8) is 0 Å². The van der Waals surface area contributed by atoms with Crippen molar-refractivity contribution in [1.82, 2.24) is 9.55 Å². The Hall–Kier alpha value is -1.60. The van der Waals surface area contributed by atoms with Gasteiger partial charge in [0.15, 0.2) is 14.5 Å². The predicted octanol–water partition coefficient (Wildman–Crippen LogP) is 2.36. The molecule has 2 atom stereocenters. The number of aromatic amines is 1. The maximum absolute atomic E-state index is 11.9. The first-order valence-electron chi connectivity index (χ1n) is 7.36. The summed E-state index contributed by atoms with van der Waals surface area (Å²) in [5.74, 6) is 0.535. The summed E-state index contributed by atoms with van der Waals surface area (Å²) in [7, 11) is -1.95. The molecule has 1 fully saturated rings. The zero-order valence-corrected chi connectivity index (χ0v) is 14.8. The van der Waals surface area contributed by atoms with Crippen LogP contribution in [-0.2, 0) is 9.16 Å². The van der Waals surface area contributed by atoms with Gasteiger partial charge in [-0.15, -0.1) is 0 Å². The first-order valence-corrected chi connectivity index (χ1v) is 10.3. The smallest absolute Gasteiger partial charge is 0.331 e. The maximum atomic E-state index is 11.9. The summed E-state index contributed by atoms with van der Waals surface area (Å²) in [6.45, 7) is 14.8. The number of ether oxygens (including phenoxy) is 1. The average molecular weight is 324 g/mol. The van der Waals surface area contributed by atoms with E-state index >= 15 is 0 Å². The summed E-state index contributed by atoms with van der Waals surface area (Å²) < 4.78 is 13.4. The lowest BCUT2D eigenvalue weighted by atomic mass is 10.2. The molecule has 1 aromatic heterocycles. The Kier molecular flexibility index (Phi) is 4.23. The van der Waals surface area contributed by atoms with Crippen LogP contribution in [0.1, 0.15) is 33.4 Å². The van der Waals surface area contributed by atoms with Gasteiger partial charge in [0.05, 0.1) is 0 Å². The van der Waals surface area contributed by atoms with E-state index in [1.807, 2.05) is 0 Å². The molecular weight excluding hydrogens is 300 g/mol. The number of rotatable bonds is 3. The van der Waals surface area contributed by atoms with Crippen LogP contribution >= 0.6 is 0 Å². The Morgan fingerprint density at radius 3 is 2.59 bits per heavy atom. The maximum Gasteiger partial charge on any atom is 0.331 e. The van der Waals surface area contributed by atoms with Crippen molar-refractivity contribution in [2.45, 2.75) is 57.7 Å². The lowest BCUT2D eigenvalue weighted by Gasteiger charge is -2.38. The van der Waals surface area contributed by atoms with Crippen LogP contribution in [0.5, 0.6) is 0 Å². The van der Waals surface area contributed by atoms with Crippen LogP contribution in [0.2, 0.25) is 18.1 Å². The number of H-pyrrole nitrogens is 1. The third kappa shape index (κ3) is 3.25. The molecule has 1 N–H and O–H groups in total. The van der Waals surface area contributed by atoms with Crippen LogP contribution in [0.15, 0.2) is 34.2 Å². The van der Waals surface area contributed by atoms with Crippen molar-refractivity contribution < 1.29 is 9.16 Å². The van der Waals surface area contributed by atoms with E-state index in [9.17, 15) is 9.59 Å². The zero-order chi connectivity index (χ0) is 16.7. The molecule has 6 nitrogen and oxygen atoms in total. The molecule has 0 amide bonds. The molecule has 0 unspecified atom stereocenters. The van der Waals surface area contributed by atoms with E-state index in [4.69, 9.17) is 9.16 Å². The van der Waals surface area contributed by atoms with Crippen molar-refractivity contribution in [3.05, 3.63) is 45.4 Å². The second-order valence-electron chi connectivity index (χ2n) is 7.16. The molecule has 1 saturated heterocycles. The van der Waals surface area contributed by atoms with Gasteiger partial charge < -0.3 is 9.16 Å². The molecule has 122 valence electrons. The van der Waals surface area contributed by atoms with E-state index < -0.39 is 25.8 Å². The first kappa shape index (κ1) is 16.8. The van der Waals surface area contributed by atoms with Gasteiger partial charge in [0, 0.05) is 18.7 Å². The Balaban J connectivity index is 2.18. The number of nitrogens with one attached hydrogen (secondary N) is 1. The summed E-state index contributed by atoms with van der Waals surface area (Å²) in [5, 5.41) is 0.0835. The molecule has 0 aromatic carbocycles. The molecule has 22 heavy (non-hydrogen) atoms. The van der Waals surface area contributed by atoms with Crippen LogP contribution in [0.4, 0.5) is 0 Å². The van der Waals surface area contributed by atoms with Crippen LogP contribution in [0, 0.1) is 0 Å². The molecule has 0 bridgehead atoms. The molecule has 0 aliphatic carbocycles. The van der Waals surface area contributed by atoms with Crippen LogP contribution < -0.4 is 11.2 Å². The molecule has 0 radical (unpaired) electrons. The lowest BCUT2D eigenvalue weighted by Crippen LogP contribution is -2.43. The first-order chi connectivity index (χ1) is 10.0. The Morgan fingerprint density at radius 1 is 1.41 bits per heavy atom. The van der Waals surface area contributed by atoms with E-state index in [-0.39, 0.29) is 11.1 Å². The quantitative estimate of drug-likeness (QED) is 0.866. The van der Waals surface area contributed by atoms with E-state index in [1.165, 1.54) is 16.8 Å². The fourth-order valence-electron chi connectivity index (χ4n) is 2.08. The minimum Gasteiger partial charge on any atom is -0.472 e. The molecule has 1 aromatic rings. The Labute approximate surface area is 130 Å². The van der Waals surface area contributed by atoms with Crippen LogP contribution in [0.3, 0.4) is 0 Å². The van der Waals surface area contributed by atoms with Crippen molar-refractivity contribution in [3.8, 4) is 0 Å². The SMILES string of the molecule is C=C1O[C@@H](n2ccc(=O)[nH]c2=O)C[C@@H]1O[Si](C)(C)C(C)(C)C. The minimum absolute atomic E-state index is 0.0835. The van der Waals surface area contributed by atoms with Crippen molar-refractivity contribution in [2.24, 2.45) is 0 Å². The van der Waals surface area contributed by atoms with Gasteiger partial charge in [-0.05, 0) is 18.1 Å². The second kappa shape index (κ2) is 5.55. The van der Waals surface area contributed by atoms with E-state index in [0.29, 0.717) is 12.2 Å². The number of nitrogens with zero attached hydrogens (tertiary/aromatic N) is 1. The van der Waals surface area contributed by atoms with Crippen LogP contribution in [-0.4, -0.2) is 24.0 Å². The van der Waals surface area contributed by atoms with Gasteiger partial charge in [0.1, 0.15) is 11.9 Å². The summed E-state index contributed by atoms with van der Waals surface area (Å²) in [5.41, 5.74) is -0.912. The highest BCUT2D eigenvalue weighted by Crippen LogP contribution is 2.41.